The molecule has 21 heavy (non-hydrogen) atoms. The van der Waals surface area contributed by atoms with E-state index in [2.05, 4.69) is 4.72 Å². The van der Waals surface area contributed by atoms with Gasteiger partial charge in [-0.1, -0.05) is 42.5 Å². The summed E-state index contributed by atoms with van der Waals surface area (Å²) < 4.78 is 26.9. The maximum atomic E-state index is 12.3. The second kappa shape index (κ2) is 4.91. The maximum absolute atomic E-state index is 12.3. The van der Waals surface area contributed by atoms with E-state index in [4.69, 9.17) is 0 Å². The fraction of sp³-hybridized carbons (Fsp3) is 0.0667. The lowest BCUT2D eigenvalue weighted by molar-refractivity contribution is -0.116. The summed E-state index contributed by atoms with van der Waals surface area (Å²) in [5, 5.41) is 0. The van der Waals surface area contributed by atoms with Gasteiger partial charge in [0.1, 0.15) is 6.04 Å². The van der Waals surface area contributed by atoms with E-state index in [1.807, 2.05) is 0 Å². The molecule has 0 radical (unpaired) electrons. The van der Waals surface area contributed by atoms with Gasteiger partial charge in [0.25, 0.3) is 0 Å². The molecular weight excluding hydrogens is 290 g/mol. The van der Waals surface area contributed by atoms with Crippen LogP contribution < -0.4 is 4.72 Å². The summed E-state index contributed by atoms with van der Waals surface area (Å²) in [6.07, 6.45) is 0. The Kier molecular flexibility index (Phi) is 3.19. The molecule has 0 amide bonds. The third-order valence-electron chi connectivity index (χ3n) is 3.33. The Morgan fingerprint density at radius 3 is 2.19 bits per heavy atom. The molecule has 5 nitrogen and oxygen atoms in total. The first kappa shape index (κ1) is 13.7. The molecular formula is C15H11NO4S. The summed E-state index contributed by atoms with van der Waals surface area (Å²) in [6, 6.07) is 13.0. The molecule has 0 bridgehead atoms. The predicted molar refractivity (Wildman–Crippen MR) is 75.3 cm³/mol. The number of hydrogen-bond acceptors (Lipinski definition) is 4. The number of carbonyl (C=O) groups excluding carboxylic acids is 2. The molecule has 1 N–H and O–H groups in total. The molecule has 0 saturated carbocycles. The van der Waals surface area contributed by atoms with Crippen LogP contribution in [0.1, 0.15) is 22.0 Å². The molecule has 0 saturated heterocycles. The summed E-state index contributed by atoms with van der Waals surface area (Å²) in [7, 11) is -3.87. The van der Waals surface area contributed by atoms with E-state index in [1.165, 1.54) is 18.2 Å². The third kappa shape index (κ3) is 2.28. The van der Waals surface area contributed by atoms with Crippen molar-refractivity contribution in [3.63, 3.8) is 0 Å². The van der Waals surface area contributed by atoms with Crippen LogP contribution in [0, 0.1) is 0 Å². The van der Waals surface area contributed by atoms with Crippen LogP contribution in [0.3, 0.4) is 0 Å². The van der Waals surface area contributed by atoms with E-state index in [-0.39, 0.29) is 10.5 Å². The highest BCUT2D eigenvalue weighted by Crippen LogP contribution is 2.29. The molecule has 0 aromatic heterocycles. The summed E-state index contributed by atoms with van der Waals surface area (Å²) in [4.78, 5) is 23.9. The Bertz CT molecular complexity index is 828. The lowest BCUT2D eigenvalue weighted by Gasteiger charge is -2.12. The fourth-order valence-electron chi connectivity index (χ4n) is 2.30. The summed E-state index contributed by atoms with van der Waals surface area (Å²) >= 11 is 0. The van der Waals surface area contributed by atoms with Crippen molar-refractivity contribution in [3.8, 4) is 0 Å². The standard InChI is InChI=1S/C15H11NO4S/c17-14-12-9-5-4-8-11(12)13(15(14)18)16-21(19,20)10-6-2-1-3-7-10/h1-9,13,16H. The van der Waals surface area contributed by atoms with Crippen molar-refractivity contribution in [1.29, 1.82) is 0 Å². The van der Waals surface area contributed by atoms with Crippen molar-refractivity contribution in [2.45, 2.75) is 10.9 Å². The number of ketones is 2. The van der Waals surface area contributed by atoms with Crippen LogP contribution in [-0.4, -0.2) is 20.0 Å². The lowest BCUT2D eigenvalue weighted by atomic mass is 10.1. The SMILES string of the molecule is O=C1C(=O)C(NS(=O)(=O)c2ccccc2)c2ccccc21. The number of sulfonamides is 1. The first-order valence-electron chi connectivity index (χ1n) is 6.25. The Labute approximate surface area is 121 Å². The number of rotatable bonds is 3. The minimum atomic E-state index is -3.87. The Balaban J connectivity index is 2.00. The highest BCUT2D eigenvalue weighted by Gasteiger charge is 2.40. The average Bonchev–Trinajstić information content (AvgIpc) is 2.74. The maximum Gasteiger partial charge on any atom is 0.241 e. The normalized spacial score (nSPS) is 17.8. The number of benzene rings is 2. The van der Waals surface area contributed by atoms with Crippen molar-refractivity contribution < 1.29 is 18.0 Å². The zero-order chi connectivity index (χ0) is 15.0. The molecule has 6 heteroatoms. The second-order valence-electron chi connectivity index (χ2n) is 4.65. The van der Waals surface area contributed by atoms with E-state index in [0.717, 1.165) is 0 Å². The van der Waals surface area contributed by atoms with Gasteiger partial charge in [-0.05, 0) is 17.7 Å². The van der Waals surface area contributed by atoms with Gasteiger partial charge in [-0.2, -0.15) is 4.72 Å². The highest BCUT2D eigenvalue weighted by atomic mass is 32.2. The number of fused-ring (bicyclic) bond motifs is 1. The summed E-state index contributed by atoms with van der Waals surface area (Å²) in [5.41, 5.74) is 0.648. The Morgan fingerprint density at radius 1 is 0.857 bits per heavy atom. The zero-order valence-corrected chi connectivity index (χ0v) is 11.6. The molecule has 1 aliphatic rings. The van der Waals surface area contributed by atoms with E-state index in [9.17, 15) is 18.0 Å². The highest BCUT2D eigenvalue weighted by molar-refractivity contribution is 7.89. The number of Topliss-reactive ketones (excluding diaryl/α,β-unsaturated/α-hetero) is 2. The summed E-state index contributed by atoms with van der Waals surface area (Å²) in [5.74, 6) is -1.41. The molecule has 0 spiro atoms. The van der Waals surface area contributed by atoms with E-state index < -0.39 is 27.6 Å². The molecule has 2 aromatic rings. The topological polar surface area (TPSA) is 80.3 Å². The van der Waals surface area contributed by atoms with Gasteiger partial charge in [-0.25, -0.2) is 8.42 Å². The monoisotopic (exact) mass is 301 g/mol. The third-order valence-corrected chi connectivity index (χ3v) is 4.77. The van der Waals surface area contributed by atoms with E-state index in [0.29, 0.717) is 5.56 Å². The Morgan fingerprint density at radius 2 is 1.48 bits per heavy atom. The van der Waals surface area contributed by atoms with Gasteiger partial charge in [0.2, 0.25) is 21.6 Å². The van der Waals surface area contributed by atoms with Gasteiger partial charge in [0.05, 0.1) is 4.90 Å². The molecule has 0 heterocycles. The largest absolute Gasteiger partial charge is 0.288 e. The van der Waals surface area contributed by atoms with Crippen LogP contribution in [0.5, 0.6) is 0 Å². The first-order valence-corrected chi connectivity index (χ1v) is 7.74. The molecule has 2 aromatic carbocycles. The zero-order valence-electron chi connectivity index (χ0n) is 10.8. The number of hydrogen-bond donors (Lipinski definition) is 1. The van der Waals surface area contributed by atoms with Crippen molar-refractivity contribution in [2.75, 3.05) is 0 Å². The van der Waals surface area contributed by atoms with Crippen LogP contribution in [0.25, 0.3) is 0 Å². The Hall–Kier alpha value is -2.31. The van der Waals surface area contributed by atoms with Crippen LogP contribution in [0.2, 0.25) is 0 Å². The van der Waals surface area contributed by atoms with Crippen LogP contribution >= 0.6 is 0 Å². The molecule has 1 atom stereocenters. The minimum Gasteiger partial charge on any atom is -0.288 e. The smallest absolute Gasteiger partial charge is 0.241 e. The first-order chi connectivity index (χ1) is 10.0. The molecule has 0 fully saturated rings. The van der Waals surface area contributed by atoms with Gasteiger partial charge in [-0.15, -0.1) is 0 Å². The predicted octanol–water partition coefficient (Wildman–Crippen LogP) is 1.47. The van der Waals surface area contributed by atoms with Gasteiger partial charge < -0.3 is 0 Å². The molecule has 3 rings (SSSR count). The molecule has 1 aliphatic carbocycles. The molecule has 106 valence electrons. The number of nitrogens with one attached hydrogen (secondary N) is 1. The van der Waals surface area contributed by atoms with Crippen LogP contribution in [-0.2, 0) is 14.8 Å². The van der Waals surface area contributed by atoms with Gasteiger partial charge in [0.15, 0.2) is 0 Å². The van der Waals surface area contributed by atoms with Gasteiger partial charge in [0, 0.05) is 5.56 Å². The van der Waals surface area contributed by atoms with Crippen LogP contribution in [0.4, 0.5) is 0 Å². The second-order valence-corrected chi connectivity index (χ2v) is 6.36. The van der Waals surface area contributed by atoms with Crippen LogP contribution in [0.15, 0.2) is 59.5 Å². The quantitative estimate of drug-likeness (QED) is 0.871. The van der Waals surface area contributed by atoms with Crippen molar-refractivity contribution in [1.82, 2.24) is 4.72 Å². The molecule has 0 aliphatic heterocycles. The number of carbonyl (C=O) groups is 2. The van der Waals surface area contributed by atoms with Crippen molar-refractivity contribution in [3.05, 3.63) is 65.7 Å². The van der Waals surface area contributed by atoms with Crippen molar-refractivity contribution >= 4 is 21.6 Å². The average molecular weight is 301 g/mol. The van der Waals surface area contributed by atoms with Gasteiger partial charge in [-0.3, -0.25) is 9.59 Å². The molecule has 1 unspecified atom stereocenters. The van der Waals surface area contributed by atoms with Crippen molar-refractivity contribution in [2.24, 2.45) is 0 Å². The van der Waals surface area contributed by atoms with E-state index in [1.54, 1.807) is 36.4 Å². The minimum absolute atomic E-state index is 0.0506. The van der Waals surface area contributed by atoms with Gasteiger partial charge >= 0.3 is 0 Å². The summed E-state index contributed by atoms with van der Waals surface area (Å²) in [6.45, 7) is 0. The fourth-order valence-corrected chi connectivity index (χ4v) is 3.50. The van der Waals surface area contributed by atoms with E-state index >= 15 is 0 Å². The lowest BCUT2D eigenvalue weighted by Crippen LogP contribution is -2.32.